The SMILES string of the molecule is COC1(CNC(=O)c2cc(Br)cnc2N)CCC1. The molecule has 1 fully saturated rings. The molecule has 6 heteroatoms. The van der Waals surface area contributed by atoms with Crippen LogP contribution in [0.4, 0.5) is 5.82 Å². The van der Waals surface area contributed by atoms with Crippen molar-refractivity contribution in [2.45, 2.75) is 24.9 Å². The van der Waals surface area contributed by atoms with Crippen LogP contribution in [0.3, 0.4) is 0 Å². The van der Waals surface area contributed by atoms with Gasteiger partial charge in [0, 0.05) is 24.3 Å². The number of halogens is 1. The second-order valence-corrected chi connectivity index (χ2v) is 5.43. The molecule has 0 atom stereocenters. The monoisotopic (exact) mass is 313 g/mol. The third-order valence-corrected chi connectivity index (χ3v) is 3.83. The first-order valence-electron chi connectivity index (χ1n) is 5.81. The predicted octanol–water partition coefficient (Wildman–Crippen LogP) is 1.73. The molecule has 1 aromatic heterocycles. The number of ether oxygens (including phenoxy) is 1. The van der Waals surface area contributed by atoms with Gasteiger partial charge < -0.3 is 15.8 Å². The first-order valence-corrected chi connectivity index (χ1v) is 6.60. The quantitative estimate of drug-likeness (QED) is 0.887. The Balaban J connectivity index is 2.01. The fourth-order valence-electron chi connectivity index (χ4n) is 1.99. The van der Waals surface area contributed by atoms with Crippen LogP contribution in [0.5, 0.6) is 0 Å². The molecule has 0 unspecified atom stereocenters. The van der Waals surface area contributed by atoms with Gasteiger partial charge in [-0.05, 0) is 41.3 Å². The van der Waals surface area contributed by atoms with Crippen molar-refractivity contribution in [1.29, 1.82) is 0 Å². The summed E-state index contributed by atoms with van der Waals surface area (Å²) in [6.07, 6.45) is 4.67. The van der Waals surface area contributed by atoms with Gasteiger partial charge in [0.25, 0.3) is 5.91 Å². The molecule has 2 rings (SSSR count). The summed E-state index contributed by atoms with van der Waals surface area (Å²) in [6, 6.07) is 1.66. The Hall–Kier alpha value is -1.14. The van der Waals surface area contributed by atoms with Gasteiger partial charge in [-0.25, -0.2) is 4.98 Å². The first kappa shape index (κ1) is 13.3. The van der Waals surface area contributed by atoms with Gasteiger partial charge in [-0.3, -0.25) is 4.79 Å². The molecule has 1 heterocycles. The second-order valence-electron chi connectivity index (χ2n) is 4.51. The van der Waals surface area contributed by atoms with Crippen molar-refractivity contribution in [1.82, 2.24) is 10.3 Å². The van der Waals surface area contributed by atoms with E-state index >= 15 is 0 Å². The third kappa shape index (κ3) is 2.64. The Morgan fingerprint density at radius 1 is 1.67 bits per heavy atom. The number of nitrogens with two attached hydrogens (primary N) is 1. The molecule has 1 aliphatic rings. The van der Waals surface area contributed by atoms with Crippen LogP contribution < -0.4 is 11.1 Å². The van der Waals surface area contributed by atoms with Crippen LogP contribution in [0.25, 0.3) is 0 Å². The molecule has 0 spiro atoms. The van der Waals surface area contributed by atoms with Crippen molar-refractivity contribution in [2.75, 3.05) is 19.4 Å². The lowest BCUT2D eigenvalue weighted by Crippen LogP contribution is -2.49. The van der Waals surface area contributed by atoms with E-state index in [1.54, 1.807) is 19.4 Å². The van der Waals surface area contributed by atoms with Gasteiger partial charge in [-0.15, -0.1) is 0 Å². The number of hydrogen-bond donors (Lipinski definition) is 2. The lowest BCUT2D eigenvalue weighted by atomic mass is 9.80. The fraction of sp³-hybridized carbons (Fsp3) is 0.500. The number of carbonyl (C=O) groups excluding carboxylic acids is 1. The number of pyridine rings is 1. The molecule has 0 aromatic carbocycles. The van der Waals surface area contributed by atoms with Gasteiger partial charge in [-0.2, -0.15) is 0 Å². The van der Waals surface area contributed by atoms with E-state index in [-0.39, 0.29) is 17.3 Å². The van der Waals surface area contributed by atoms with E-state index in [4.69, 9.17) is 10.5 Å². The third-order valence-electron chi connectivity index (χ3n) is 3.40. The van der Waals surface area contributed by atoms with Crippen LogP contribution in [-0.2, 0) is 4.74 Å². The summed E-state index contributed by atoms with van der Waals surface area (Å²) >= 11 is 3.27. The number of hydrogen-bond acceptors (Lipinski definition) is 4. The number of nitrogens with one attached hydrogen (secondary N) is 1. The predicted molar refractivity (Wildman–Crippen MR) is 72.3 cm³/mol. The normalized spacial score (nSPS) is 17.0. The van der Waals surface area contributed by atoms with Crippen molar-refractivity contribution >= 4 is 27.7 Å². The molecular formula is C12H16BrN3O2. The number of rotatable bonds is 4. The van der Waals surface area contributed by atoms with Gasteiger partial charge in [0.2, 0.25) is 0 Å². The summed E-state index contributed by atoms with van der Waals surface area (Å²) in [6.45, 7) is 0.508. The summed E-state index contributed by atoms with van der Waals surface area (Å²) in [5.74, 6) is 0.0143. The van der Waals surface area contributed by atoms with E-state index < -0.39 is 0 Å². The standard InChI is InChI=1S/C12H16BrN3O2/c1-18-12(3-2-4-12)7-16-11(17)9-5-8(13)6-15-10(9)14/h5-6H,2-4,7H2,1H3,(H2,14,15)(H,16,17). The summed E-state index contributed by atoms with van der Waals surface area (Å²) < 4.78 is 6.17. The van der Waals surface area contributed by atoms with Crippen molar-refractivity contribution in [3.05, 3.63) is 22.3 Å². The number of nitrogens with zero attached hydrogens (tertiary/aromatic N) is 1. The van der Waals surface area contributed by atoms with Crippen LogP contribution in [-0.4, -0.2) is 30.1 Å². The molecule has 1 saturated carbocycles. The zero-order valence-corrected chi connectivity index (χ0v) is 11.8. The van der Waals surface area contributed by atoms with Gasteiger partial charge in [0.05, 0.1) is 11.2 Å². The highest BCUT2D eigenvalue weighted by Gasteiger charge is 2.37. The highest BCUT2D eigenvalue weighted by molar-refractivity contribution is 9.10. The Morgan fingerprint density at radius 2 is 2.39 bits per heavy atom. The first-order chi connectivity index (χ1) is 8.56. The Morgan fingerprint density at radius 3 is 2.94 bits per heavy atom. The molecule has 0 aliphatic heterocycles. The smallest absolute Gasteiger partial charge is 0.255 e. The van der Waals surface area contributed by atoms with Crippen molar-refractivity contribution in [3.63, 3.8) is 0 Å². The number of anilines is 1. The maximum Gasteiger partial charge on any atom is 0.255 e. The summed E-state index contributed by atoms with van der Waals surface area (Å²) in [5.41, 5.74) is 5.88. The van der Waals surface area contributed by atoms with E-state index in [0.717, 1.165) is 23.7 Å². The number of amides is 1. The fourth-order valence-corrected chi connectivity index (χ4v) is 2.32. The maximum absolute atomic E-state index is 12.0. The van der Waals surface area contributed by atoms with Crippen LogP contribution in [0.1, 0.15) is 29.6 Å². The van der Waals surface area contributed by atoms with Gasteiger partial charge in [0.1, 0.15) is 5.82 Å². The molecule has 0 radical (unpaired) electrons. The van der Waals surface area contributed by atoms with Crippen LogP contribution in [0.15, 0.2) is 16.7 Å². The molecule has 98 valence electrons. The van der Waals surface area contributed by atoms with Gasteiger partial charge in [-0.1, -0.05) is 0 Å². The van der Waals surface area contributed by atoms with E-state index in [1.807, 2.05) is 0 Å². The minimum atomic E-state index is -0.218. The highest BCUT2D eigenvalue weighted by atomic mass is 79.9. The largest absolute Gasteiger partial charge is 0.383 e. The van der Waals surface area contributed by atoms with Gasteiger partial charge >= 0.3 is 0 Å². The second kappa shape index (κ2) is 5.24. The number of aromatic nitrogens is 1. The van der Waals surface area contributed by atoms with E-state index in [9.17, 15) is 4.79 Å². The average Bonchev–Trinajstić information content (AvgIpc) is 2.31. The lowest BCUT2D eigenvalue weighted by Gasteiger charge is -2.40. The number of nitrogen functional groups attached to an aromatic ring is 1. The Bertz CT molecular complexity index is 455. The highest BCUT2D eigenvalue weighted by Crippen LogP contribution is 2.34. The molecular weight excluding hydrogens is 298 g/mol. The van der Waals surface area contributed by atoms with Gasteiger partial charge in [0.15, 0.2) is 0 Å². The zero-order valence-electron chi connectivity index (χ0n) is 10.2. The Kier molecular flexibility index (Phi) is 3.87. The summed E-state index contributed by atoms with van der Waals surface area (Å²) in [7, 11) is 1.68. The molecule has 5 nitrogen and oxygen atoms in total. The van der Waals surface area contributed by atoms with Crippen molar-refractivity contribution < 1.29 is 9.53 Å². The minimum absolute atomic E-state index is 0.191. The van der Waals surface area contributed by atoms with E-state index in [2.05, 4.69) is 26.2 Å². The van der Waals surface area contributed by atoms with Crippen molar-refractivity contribution in [2.24, 2.45) is 0 Å². The molecule has 1 amide bonds. The summed E-state index contributed by atoms with van der Waals surface area (Å²) in [4.78, 5) is 16.0. The lowest BCUT2D eigenvalue weighted by molar-refractivity contribution is -0.0679. The molecule has 1 aliphatic carbocycles. The van der Waals surface area contributed by atoms with E-state index in [1.165, 1.54) is 0 Å². The van der Waals surface area contributed by atoms with Crippen LogP contribution >= 0.6 is 15.9 Å². The van der Waals surface area contributed by atoms with E-state index in [0.29, 0.717) is 12.1 Å². The molecule has 1 aromatic rings. The van der Waals surface area contributed by atoms with Crippen LogP contribution in [0, 0.1) is 0 Å². The van der Waals surface area contributed by atoms with Crippen LogP contribution in [0.2, 0.25) is 0 Å². The molecule has 0 saturated heterocycles. The zero-order chi connectivity index (χ0) is 13.2. The summed E-state index contributed by atoms with van der Waals surface area (Å²) in [5, 5.41) is 2.86. The minimum Gasteiger partial charge on any atom is -0.383 e. The number of methoxy groups -OCH3 is 1. The number of carbonyl (C=O) groups is 1. The topological polar surface area (TPSA) is 77.2 Å². The Labute approximate surface area is 114 Å². The molecule has 0 bridgehead atoms. The maximum atomic E-state index is 12.0. The average molecular weight is 314 g/mol. The van der Waals surface area contributed by atoms with Crippen molar-refractivity contribution in [3.8, 4) is 0 Å². The molecule has 3 N–H and O–H groups in total. The molecule has 18 heavy (non-hydrogen) atoms.